The van der Waals surface area contributed by atoms with Crippen LogP contribution in [0.15, 0.2) is 84.4 Å². The van der Waals surface area contributed by atoms with Crippen molar-refractivity contribution < 1.29 is 24.2 Å². The van der Waals surface area contributed by atoms with Gasteiger partial charge in [0.1, 0.15) is 11.5 Å². The molecule has 2 N–H and O–H groups in total. The number of aliphatic hydroxyl groups is 1. The third kappa shape index (κ3) is 4.21. The summed E-state index contributed by atoms with van der Waals surface area (Å²) in [5.41, 5.74) is 2.10. The maximum absolute atomic E-state index is 13.2. The lowest BCUT2D eigenvalue weighted by Gasteiger charge is -2.25. The molecule has 1 unspecified atom stereocenters. The highest BCUT2D eigenvalue weighted by molar-refractivity contribution is 6.51. The van der Waals surface area contributed by atoms with E-state index in [4.69, 9.17) is 4.74 Å². The SMILES string of the molecule is COc1ccc(C2C(=C(O)c3ccccc3)C(=O)C(=O)N2c2ccc(NC(C)=O)cc2)cc1. The van der Waals surface area contributed by atoms with Crippen LogP contribution in [-0.4, -0.2) is 29.8 Å². The highest BCUT2D eigenvalue weighted by Gasteiger charge is 2.46. The van der Waals surface area contributed by atoms with Gasteiger partial charge in [0.2, 0.25) is 5.91 Å². The number of benzene rings is 3. The second kappa shape index (κ2) is 9.00. The van der Waals surface area contributed by atoms with Gasteiger partial charge in [-0.15, -0.1) is 0 Å². The summed E-state index contributed by atoms with van der Waals surface area (Å²) >= 11 is 0. The molecule has 1 saturated heterocycles. The van der Waals surface area contributed by atoms with Crippen molar-refractivity contribution >= 4 is 34.7 Å². The normalized spacial score (nSPS) is 17.2. The highest BCUT2D eigenvalue weighted by Crippen LogP contribution is 2.42. The van der Waals surface area contributed by atoms with Gasteiger partial charge in [0.25, 0.3) is 11.7 Å². The first-order chi connectivity index (χ1) is 15.9. The minimum Gasteiger partial charge on any atom is -0.507 e. The number of hydrogen-bond acceptors (Lipinski definition) is 5. The Balaban J connectivity index is 1.86. The standard InChI is InChI=1S/C26H22N2O5/c1-16(29)27-19-10-12-20(13-11-19)28-23(17-8-14-21(33-2)15-9-17)22(25(31)26(28)32)24(30)18-6-4-3-5-7-18/h3-15,23,30H,1-2H3,(H,27,29). The smallest absolute Gasteiger partial charge is 0.300 e. The number of carbonyl (C=O) groups excluding carboxylic acids is 3. The van der Waals surface area contributed by atoms with E-state index in [0.29, 0.717) is 28.3 Å². The van der Waals surface area contributed by atoms with Crippen LogP contribution in [0.5, 0.6) is 5.75 Å². The molecule has 4 rings (SSSR count). The molecule has 1 atom stereocenters. The van der Waals surface area contributed by atoms with E-state index in [2.05, 4.69) is 5.32 Å². The van der Waals surface area contributed by atoms with Crippen LogP contribution in [0, 0.1) is 0 Å². The van der Waals surface area contributed by atoms with Gasteiger partial charge in [0.15, 0.2) is 0 Å². The number of nitrogens with one attached hydrogen (secondary N) is 1. The van der Waals surface area contributed by atoms with Gasteiger partial charge in [-0.2, -0.15) is 0 Å². The van der Waals surface area contributed by atoms with Gasteiger partial charge in [-0.05, 0) is 42.0 Å². The fourth-order valence-electron chi connectivity index (χ4n) is 3.86. The summed E-state index contributed by atoms with van der Waals surface area (Å²) in [5.74, 6) is -1.36. The molecular weight excluding hydrogens is 420 g/mol. The summed E-state index contributed by atoms with van der Waals surface area (Å²) in [6.45, 7) is 1.40. The second-order valence-electron chi connectivity index (χ2n) is 7.54. The first kappa shape index (κ1) is 21.8. The molecule has 2 amide bonds. The Morgan fingerprint density at radius 1 is 0.939 bits per heavy atom. The summed E-state index contributed by atoms with van der Waals surface area (Å²) in [5, 5.41) is 13.7. The first-order valence-corrected chi connectivity index (χ1v) is 10.3. The fraction of sp³-hybridized carbons (Fsp3) is 0.115. The molecule has 3 aromatic rings. The molecule has 1 heterocycles. The predicted molar refractivity (Wildman–Crippen MR) is 125 cm³/mol. The predicted octanol–water partition coefficient (Wildman–Crippen LogP) is 4.28. The maximum Gasteiger partial charge on any atom is 0.300 e. The molecular formula is C26H22N2O5. The van der Waals surface area contributed by atoms with Crippen LogP contribution in [0.3, 0.4) is 0 Å². The van der Waals surface area contributed by atoms with Crippen LogP contribution in [0.2, 0.25) is 0 Å². The lowest BCUT2D eigenvalue weighted by Crippen LogP contribution is -2.29. The lowest BCUT2D eigenvalue weighted by molar-refractivity contribution is -0.132. The molecule has 1 aliphatic heterocycles. The van der Waals surface area contributed by atoms with Gasteiger partial charge in [-0.25, -0.2) is 0 Å². The van der Waals surface area contributed by atoms with Gasteiger partial charge < -0.3 is 15.2 Å². The summed E-state index contributed by atoms with van der Waals surface area (Å²) in [6, 6.07) is 21.4. The van der Waals surface area contributed by atoms with Crippen molar-refractivity contribution in [1.82, 2.24) is 0 Å². The summed E-state index contributed by atoms with van der Waals surface area (Å²) in [6.07, 6.45) is 0. The van der Waals surface area contributed by atoms with Gasteiger partial charge >= 0.3 is 0 Å². The molecule has 7 heteroatoms. The van der Waals surface area contributed by atoms with Crippen LogP contribution < -0.4 is 15.0 Å². The van der Waals surface area contributed by atoms with E-state index in [0.717, 1.165) is 0 Å². The minimum absolute atomic E-state index is 0.00213. The van der Waals surface area contributed by atoms with Crippen LogP contribution in [0.25, 0.3) is 5.76 Å². The Hall–Kier alpha value is -4.39. The molecule has 0 radical (unpaired) electrons. The third-order valence-electron chi connectivity index (χ3n) is 5.39. The molecule has 33 heavy (non-hydrogen) atoms. The highest BCUT2D eigenvalue weighted by atomic mass is 16.5. The van der Waals surface area contributed by atoms with E-state index >= 15 is 0 Å². The number of carbonyl (C=O) groups is 3. The number of rotatable bonds is 5. The van der Waals surface area contributed by atoms with Gasteiger partial charge in [-0.1, -0.05) is 42.5 Å². The number of ether oxygens (including phenoxy) is 1. The van der Waals surface area contributed by atoms with Crippen molar-refractivity contribution in [1.29, 1.82) is 0 Å². The van der Waals surface area contributed by atoms with E-state index in [1.807, 2.05) is 0 Å². The van der Waals surface area contributed by atoms with Crippen molar-refractivity contribution in [2.75, 3.05) is 17.3 Å². The zero-order chi connectivity index (χ0) is 23.5. The average Bonchev–Trinajstić information content (AvgIpc) is 3.10. The molecule has 3 aromatic carbocycles. The number of aliphatic hydroxyl groups excluding tert-OH is 1. The number of nitrogens with zero attached hydrogens (tertiary/aromatic N) is 1. The Morgan fingerprint density at radius 3 is 2.15 bits per heavy atom. The fourth-order valence-corrected chi connectivity index (χ4v) is 3.86. The van der Waals surface area contributed by atoms with Crippen molar-refractivity contribution in [3.05, 3.63) is 95.6 Å². The number of methoxy groups -OCH3 is 1. The molecule has 0 aliphatic carbocycles. The van der Waals surface area contributed by atoms with Crippen LogP contribution in [0.4, 0.5) is 11.4 Å². The van der Waals surface area contributed by atoms with Gasteiger partial charge in [0.05, 0.1) is 18.7 Å². The molecule has 0 saturated carbocycles. The Labute approximate surface area is 190 Å². The van der Waals surface area contributed by atoms with Crippen LogP contribution in [0.1, 0.15) is 24.1 Å². The molecule has 1 aliphatic rings. The zero-order valence-corrected chi connectivity index (χ0v) is 18.1. The van der Waals surface area contributed by atoms with Crippen molar-refractivity contribution in [3.63, 3.8) is 0 Å². The summed E-state index contributed by atoms with van der Waals surface area (Å²) in [4.78, 5) is 39.0. The first-order valence-electron chi connectivity index (χ1n) is 10.3. The molecule has 166 valence electrons. The average molecular weight is 442 g/mol. The van der Waals surface area contributed by atoms with Crippen LogP contribution in [-0.2, 0) is 14.4 Å². The molecule has 1 fully saturated rings. The van der Waals surface area contributed by atoms with Crippen LogP contribution >= 0.6 is 0 Å². The van der Waals surface area contributed by atoms with E-state index in [1.54, 1.807) is 86.0 Å². The third-order valence-corrected chi connectivity index (χ3v) is 5.39. The van der Waals surface area contributed by atoms with E-state index in [-0.39, 0.29) is 17.2 Å². The topological polar surface area (TPSA) is 95.9 Å². The lowest BCUT2D eigenvalue weighted by atomic mass is 9.95. The van der Waals surface area contributed by atoms with E-state index < -0.39 is 17.7 Å². The number of anilines is 2. The molecule has 0 spiro atoms. The Morgan fingerprint density at radius 2 is 1.58 bits per heavy atom. The number of Topliss-reactive ketones (excluding diaryl/α,β-unsaturated/α-hetero) is 1. The summed E-state index contributed by atoms with van der Waals surface area (Å²) < 4.78 is 5.23. The largest absolute Gasteiger partial charge is 0.507 e. The maximum atomic E-state index is 13.2. The van der Waals surface area contributed by atoms with Crippen molar-refractivity contribution in [2.45, 2.75) is 13.0 Å². The number of amides is 2. The quantitative estimate of drug-likeness (QED) is 0.349. The summed E-state index contributed by atoms with van der Waals surface area (Å²) in [7, 11) is 1.55. The monoisotopic (exact) mass is 442 g/mol. The Bertz CT molecular complexity index is 1230. The van der Waals surface area contributed by atoms with E-state index in [9.17, 15) is 19.5 Å². The number of ketones is 1. The second-order valence-corrected chi connectivity index (χ2v) is 7.54. The zero-order valence-electron chi connectivity index (χ0n) is 18.1. The van der Waals surface area contributed by atoms with Crippen molar-refractivity contribution in [2.24, 2.45) is 0 Å². The molecule has 0 bridgehead atoms. The molecule has 0 aromatic heterocycles. The number of hydrogen-bond donors (Lipinski definition) is 2. The van der Waals surface area contributed by atoms with Gasteiger partial charge in [-0.3, -0.25) is 19.3 Å². The van der Waals surface area contributed by atoms with Gasteiger partial charge in [0, 0.05) is 23.9 Å². The van der Waals surface area contributed by atoms with E-state index in [1.165, 1.54) is 11.8 Å². The minimum atomic E-state index is -0.845. The molecule has 7 nitrogen and oxygen atoms in total. The van der Waals surface area contributed by atoms with Crippen molar-refractivity contribution in [3.8, 4) is 5.75 Å². The Kier molecular flexibility index (Phi) is 5.95.